The first-order valence-electron chi connectivity index (χ1n) is 9.31. The number of thiazole rings is 2. The average molecular weight is 415 g/mol. The molecule has 1 aromatic carbocycles. The van der Waals surface area contributed by atoms with Crippen molar-refractivity contribution in [3.05, 3.63) is 50.3 Å². The van der Waals surface area contributed by atoms with Crippen molar-refractivity contribution in [3.8, 4) is 11.3 Å². The highest BCUT2D eigenvalue weighted by Crippen LogP contribution is 2.31. The van der Waals surface area contributed by atoms with Gasteiger partial charge in [0.15, 0.2) is 5.13 Å². The van der Waals surface area contributed by atoms with Crippen LogP contribution in [0.5, 0.6) is 0 Å². The van der Waals surface area contributed by atoms with Crippen molar-refractivity contribution >= 4 is 33.7 Å². The monoisotopic (exact) mass is 414 g/mol. The van der Waals surface area contributed by atoms with Crippen molar-refractivity contribution < 1.29 is 4.79 Å². The standard InChI is InChI=1S/C21H26N4OS2/c1-6-19-22-16(11-27-19)9-25(5)10-18(26)24-21-23-17(12-28-21)20-14(3)7-13(2)8-15(20)4/h7-8,11-12H,6,9-10H2,1-5H3,(H,23,24,26). The van der Waals surface area contributed by atoms with Crippen LogP contribution in [0.4, 0.5) is 5.13 Å². The molecule has 0 bridgehead atoms. The van der Waals surface area contributed by atoms with E-state index in [9.17, 15) is 4.79 Å². The molecular weight excluding hydrogens is 388 g/mol. The summed E-state index contributed by atoms with van der Waals surface area (Å²) in [7, 11) is 1.93. The van der Waals surface area contributed by atoms with Crippen molar-refractivity contribution in [2.75, 3.05) is 18.9 Å². The van der Waals surface area contributed by atoms with Gasteiger partial charge < -0.3 is 5.32 Å². The predicted octanol–water partition coefficient (Wildman–Crippen LogP) is 4.82. The summed E-state index contributed by atoms with van der Waals surface area (Å²) in [5, 5.41) is 8.76. The van der Waals surface area contributed by atoms with Gasteiger partial charge >= 0.3 is 0 Å². The van der Waals surface area contributed by atoms with E-state index in [1.165, 1.54) is 28.0 Å². The summed E-state index contributed by atoms with van der Waals surface area (Å²) in [4.78, 5) is 23.5. The fourth-order valence-corrected chi connectivity index (χ4v) is 4.80. The maximum atomic E-state index is 12.4. The highest BCUT2D eigenvalue weighted by molar-refractivity contribution is 7.14. The number of nitrogens with zero attached hydrogens (tertiary/aromatic N) is 3. The number of anilines is 1. The van der Waals surface area contributed by atoms with Crippen molar-refractivity contribution in [1.82, 2.24) is 14.9 Å². The van der Waals surface area contributed by atoms with Crippen molar-refractivity contribution in [2.45, 2.75) is 40.7 Å². The SMILES string of the molecule is CCc1nc(CN(C)CC(=O)Nc2nc(-c3c(C)cc(C)cc3C)cs2)cs1. The third-order valence-corrected chi connectivity index (χ3v) is 6.23. The summed E-state index contributed by atoms with van der Waals surface area (Å²) in [6.45, 7) is 9.36. The number of rotatable bonds is 7. The first kappa shape index (κ1) is 20.6. The summed E-state index contributed by atoms with van der Waals surface area (Å²) in [6, 6.07) is 4.33. The Morgan fingerprint density at radius 1 is 1.11 bits per heavy atom. The smallest absolute Gasteiger partial charge is 0.240 e. The fourth-order valence-electron chi connectivity index (χ4n) is 3.35. The minimum absolute atomic E-state index is 0.0632. The lowest BCUT2D eigenvalue weighted by Gasteiger charge is -2.14. The number of aryl methyl sites for hydroxylation is 4. The van der Waals surface area contributed by atoms with Crippen molar-refractivity contribution in [3.63, 3.8) is 0 Å². The van der Waals surface area contributed by atoms with Gasteiger partial charge in [-0.15, -0.1) is 22.7 Å². The van der Waals surface area contributed by atoms with E-state index >= 15 is 0 Å². The third kappa shape index (κ3) is 5.04. The third-order valence-electron chi connectivity index (χ3n) is 4.43. The van der Waals surface area contributed by atoms with E-state index < -0.39 is 0 Å². The van der Waals surface area contributed by atoms with Gasteiger partial charge in [0.05, 0.1) is 22.9 Å². The summed E-state index contributed by atoms with van der Waals surface area (Å²) < 4.78 is 0. The van der Waals surface area contributed by atoms with Gasteiger partial charge in [-0.25, -0.2) is 9.97 Å². The molecule has 3 rings (SSSR count). The molecule has 1 N–H and O–H groups in total. The van der Waals surface area contributed by atoms with Gasteiger partial charge in [0.2, 0.25) is 5.91 Å². The number of hydrogen-bond donors (Lipinski definition) is 1. The molecule has 1 amide bonds. The second-order valence-electron chi connectivity index (χ2n) is 7.12. The summed E-state index contributed by atoms with van der Waals surface area (Å²) >= 11 is 3.13. The molecule has 2 aromatic heterocycles. The van der Waals surface area contributed by atoms with Crippen molar-refractivity contribution in [2.24, 2.45) is 0 Å². The van der Waals surface area contributed by atoms with E-state index in [0.717, 1.165) is 28.4 Å². The highest BCUT2D eigenvalue weighted by Gasteiger charge is 2.14. The van der Waals surface area contributed by atoms with Crippen LogP contribution in [-0.4, -0.2) is 34.4 Å². The van der Waals surface area contributed by atoms with Gasteiger partial charge in [-0.2, -0.15) is 0 Å². The zero-order valence-corrected chi connectivity index (χ0v) is 18.6. The number of carbonyl (C=O) groups is 1. The van der Waals surface area contributed by atoms with Crippen LogP contribution in [0, 0.1) is 20.8 Å². The van der Waals surface area contributed by atoms with Crippen LogP contribution in [-0.2, 0) is 17.8 Å². The van der Waals surface area contributed by atoms with E-state index in [4.69, 9.17) is 0 Å². The molecule has 3 aromatic rings. The Labute approximate surface area is 174 Å². The molecule has 0 unspecified atom stereocenters. The molecule has 148 valence electrons. The molecule has 0 saturated carbocycles. The summed E-state index contributed by atoms with van der Waals surface area (Å²) in [5.74, 6) is -0.0632. The number of likely N-dealkylation sites (N-methyl/N-ethyl adjacent to an activating group) is 1. The molecule has 0 atom stereocenters. The molecule has 0 saturated heterocycles. The Hall–Kier alpha value is -2.09. The molecule has 7 heteroatoms. The van der Waals surface area contributed by atoms with Gasteiger partial charge in [0, 0.05) is 22.9 Å². The zero-order valence-electron chi connectivity index (χ0n) is 17.0. The van der Waals surface area contributed by atoms with Crippen LogP contribution >= 0.6 is 22.7 Å². The first-order valence-corrected chi connectivity index (χ1v) is 11.1. The Morgan fingerprint density at radius 2 is 1.82 bits per heavy atom. The fraction of sp³-hybridized carbons (Fsp3) is 0.381. The predicted molar refractivity (Wildman–Crippen MR) is 118 cm³/mol. The molecule has 0 aliphatic rings. The number of carbonyl (C=O) groups excluding carboxylic acids is 1. The second kappa shape index (κ2) is 8.94. The van der Waals surface area contributed by atoms with Crippen LogP contribution in [0.3, 0.4) is 0 Å². The molecule has 5 nitrogen and oxygen atoms in total. The van der Waals surface area contributed by atoms with Gasteiger partial charge in [-0.1, -0.05) is 24.6 Å². The van der Waals surface area contributed by atoms with Gasteiger partial charge in [0.25, 0.3) is 0 Å². The maximum Gasteiger partial charge on any atom is 0.240 e. The van der Waals surface area contributed by atoms with E-state index in [2.05, 4.69) is 60.5 Å². The van der Waals surface area contributed by atoms with E-state index in [1.54, 1.807) is 11.3 Å². The van der Waals surface area contributed by atoms with Crippen molar-refractivity contribution in [1.29, 1.82) is 0 Å². The van der Waals surface area contributed by atoms with E-state index in [1.807, 2.05) is 17.3 Å². The maximum absolute atomic E-state index is 12.4. The molecule has 0 aliphatic heterocycles. The normalized spacial score (nSPS) is 11.2. The summed E-state index contributed by atoms with van der Waals surface area (Å²) in [5.41, 5.74) is 6.73. The zero-order chi connectivity index (χ0) is 20.3. The largest absolute Gasteiger partial charge is 0.301 e. The Morgan fingerprint density at radius 3 is 2.46 bits per heavy atom. The second-order valence-corrected chi connectivity index (χ2v) is 8.92. The van der Waals surface area contributed by atoms with Gasteiger partial charge in [-0.3, -0.25) is 9.69 Å². The molecule has 0 radical (unpaired) electrons. The minimum atomic E-state index is -0.0632. The topological polar surface area (TPSA) is 58.1 Å². The van der Waals surface area contributed by atoms with Crippen LogP contribution in [0.25, 0.3) is 11.3 Å². The van der Waals surface area contributed by atoms with Gasteiger partial charge in [-0.05, 0) is 45.4 Å². The van der Waals surface area contributed by atoms with Crippen LogP contribution in [0.15, 0.2) is 22.9 Å². The first-order chi connectivity index (χ1) is 13.4. The van der Waals surface area contributed by atoms with Crippen LogP contribution in [0.1, 0.15) is 34.3 Å². The van der Waals surface area contributed by atoms with E-state index in [-0.39, 0.29) is 5.91 Å². The number of hydrogen-bond acceptors (Lipinski definition) is 6. The van der Waals surface area contributed by atoms with E-state index in [0.29, 0.717) is 18.2 Å². The molecular formula is C21H26N4OS2. The van der Waals surface area contributed by atoms with Gasteiger partial charge in [0.1, 0.15) is 0 Å². The van der Waals surface area contributed by atoms with Crippen LogP contribution in [0.2, 0.25) is 0 Å². The molecule has 0 spiro atoms. The summed E-state index contributed by atoms with van der Waals surface area (Å²) in [6.07, 6.45) is 0.946. The lowest BCUT2D eigenvalue weighted by Crippen LogP contribution is -2.29. The molecule has 28 heavy (non-hydrogen) atoms. The molecule has 0 fully saturated rings. The average Bonchev–Trinajstić information content (AvgIpc) is 3.23. The molecule has 0 aliphatic carbocycles. The number of benzene rings is 1. The highest BCUT2D eigenvalue weighted by atomic mass is 32.1. The quantitative estimate of drug-likeness (QED) is 0.602. The number of amides is 1. The van der Waals surface area contributed by atoms with Crippen LogP contribution < -0.4 is 5.32 Å². The molecule has 2 heterocycles. The Bertz CT molecular complexity index is 953. The Kier molecular flexibility index (Phi) is 6.59. The lowest BCUT2D eigenvalue weighted by molar-refractivity contribution is -0.117. The number of nitrogens with one attached hydrogen (secondary N) is 1. The minimum Gasteiger partial charge on any atom is -0.301 e. The lowest BCUT2D eigenvalue weighted by atomic mass is 9.98. The number of aromatic nitrogens is 2. The Balaban J connectivity index is 1.61.